The van der Waals surface area contributed by atoms with Crippen LogP contribution in [0.1, 0.15) is 38.2 Å². The van der Waals surface area contributed by atoms with E-state index in [2.05, 4.69) is 64.3 Å². The van der Waals surface area contributed by atoms with E-state index in [0.717, 1.165) is 80.7 Å². The quantitative estimate of drug-likeness (QED) is 0.166. The topological polar surface area (TPSA) is 159 Å². The van der Waals surface area contributed by atoms with Crippen LogP contribution in [0.3, 0.4) is 0 Å². The summed E-state index contributed by atoms with van der Waals surface area (Å²) in [7, 11) is 2.15. The molecule has 0 unspecified atom stereocenters. The number of aryl methyl sites for hydroxylation is 1. The first-order valence-electron chi connectivity index (χ1n) is 18.0. The van der Waals surface area contributed by atoms with Gasteiger partial charge in [0.1, 0.15) is 17.1 Å². The van der Waals surface area contributed by atoms with Gasteiger partial charge in [-0.2, -0.15) is 10.1 Å². The van der Waals surface area contributed by atoms with Crippen molar-refractivity contribution < 1.29 is 13.2 Å². The molecule has 2 aliphatic heterocycles. The van der Waals surface area contributed by atoms with Crippen LogP contribution in [0, 0.1) is 0 Å². The fourth-order valence-corrected chi connectivity index (χ4v) is 7.78. The largest absolute Gasteiger partial charge is 0.494 e. The smallest absolute Gasteiger partial charge is 0.229 e. The predicted octanol–water partition coefficient (Wildman–Crippen LogP) is 5.03. The van der Waals surface area contributed by atoms with Crippen molar-refractivity contribution >= 4 is 55.6 Å². The van der Waals surface area contributed by atoms with E-state index in [-0.39, 0.29) is 11.6 Å². The van der Waals surface area contributed by atoms with Crippen LogP contribution in [0.25, 0.3) is 22.2 Å². The van der Waals surface area contributed by atoms with Gasteiger partial charge in [0.15, 0.2) is 0 Å². The van der Waals surface area contributed by atoms with Crippen molar-refractivity contribution in [3.8, 4) is 16.9 Å². The summed E-state index contributed by atoms with van der Waals surface area (Å²) in [5.74, 6) is 1.58. The summed E-state index contributed by atoms with van der Waals surface area (Å²) in [6.45, 7) is 10.5. The molecule has 0 aliphatic carbocycles. The number of nitrogens with one attached hydrogen (secondary N) is 3. The molecule has 0 bridgehead atoms. The summed E-state index contributed by atoms with van der Waals surface area (Å²) >= 11 is 0. The fraction of sp³-hybridized carbons (Fsp3) is 0.432. The molecule has 2 aliphatic rings. The summed E-state index contributed by atoms with van der Waals surface area (Å²) in [5, 5.41) is 11.3. The molecule has 3 aromatic heterocycles. The van der Waals surface area contributed by atoms with Crippen molar-refractivity contribution in [2.75, 3.05) is 79.9 Å². The molecular formula is C37H48N12O3S. The van der Waals surface area contributed by atoms with Gasteiger partial charge in [0.25, 0.3) is 0 Å². The Morgan fingerprint density at radius 1 is 0.906 bits per heavy atom. The second kappa shape index (κ2) is 15.1. The number of piperidine rings is 1. The van der Waals surface area contributed by atoms with Crippen LogP contribution in [0.2, 0.25) is 0 Å². The first kappa shape index (κ1) is 36.3. The van der Waals surface area contributed by atoms with Crippen molar-refractivity contribution in [2.45, 2.75) is 38.6 Å². The predicted molar refractivity (Wildman–Crippen MR) is 210 cm³/mol. The Balaban J connectivity index is 1.21. The van der Waals surface area contributed by atoms with Crippen LogP contribution >= 0.6 is 0 Å². The minimum Gasteiger partial charge on any atom is -0.494 e. The van der Waals surface area contributed by atoms with E-state index >= 15 is 0 Å². The highest BCUT2D eigenvalue weighted by atomic mass is 32.2. The molecule has 5 aromatic rings. The van der Waals surface area contributed by atoms with E-state index < -0.39 is 10.0 Å². The fourth-order valence-electron chi connectivity index (χ4n) is 7.20. The molecule has 0 atom stereocenters. The molecule has 7 rings (SSSR count). The van der Waals surface area contributed by atoms with Gasteiger partial charge in [0.2, 0.25) is 16.0 Å². The normalized spacial score (nSPS) is 16.3. The number of fused-ring (bicyclic) bond motifs is 1. The van der Waals surface area contributed by atoms with Crippen LogP contribution in [0.15, 0.2) is 55.2 Å². The number of anilines is 6. The standard InChI is InChI=1S/C37H48N12O3S/c1-24(2)28-22-40-37(44-36(28)42-30-8-7-29-34(39-12-11-38-29)35(30)45-53(6,50)51)43-31-19-27(25-21-41-47(4)23-25)32(20-33(31)52-5)49-13-9-26(10-14-49)48-17-15-46(3)16-18-48/h7-8,11-12,19-24,26,45H,9-10,13-18H2,1-6H3,(H2,40,42,43,44). The van der Waals surface area contributed by atoms with Crippen molar-refractivity contribution in [2.24, 2.45) is 7.05 Å². The van der Waals surface area contributed by atoms with E-state index in [4.69, 9.17) is 14.7 Å². The SMILES string of the molecule is COc1cc(N2CCC(N3CCN(C)CC3)CC2)c(-c2cnn(C)c2)cc1Nc1ncc(C(C)C)c(Nc2ccc3nccnc3c2NS(C)(=O)=O)n1. The van der Waals surface area contributed by atoms with E-state index in [0.29, 0.717) is 46.0 Å². The average Bonchev–Trinajstić information content (AvgIpc) is 3.58. The number of ether oxygens (including phenoxy) is 1. The Morgan fingerprint density at radius 2 is 1.66 bits per heavy atom. The van der Waals surface area contributed by atoms with Gasteiger partial charge in [0, 0.05) is 106 Å². The molecule has 2 saturated heterocycles. The summed E-state index contributed by atoms with van der Waals surface area (Å²) in [4.78, 5) is 25.9. The first-order valence-corrected chi connectivity index (χ1v) is 19.9. The second-order valence-electron chi connectivity index (χ2n) is 14.2. The van der Waals surface area contributed by atoms with Gasteiger partial charge in [-0.15, -0.1) is 0 Å². The van der Waals surface area contributed by atoms with Crippen LogP contribution in [-0.2, 0) is 17.1 Å². The Hall–Kier alpha value is -5.06. The number of hydrogen-bond donors (Lipinski definition) is 3. The number of aromatic nitrogens is 6. The molecule has 0 saturated carbocycles. The number of piperazine rings is 1. The maximum absolute atomic E-state index is 12.4. The first-order chi connectivity index (χ1) is 25.5. The van der Waals surface area contributed by atoms with Crippen molar-refractivity contribution in [1.82, 2.24) is 39.5 Å². The van der Waals surface area contributed by atoms with Crippen LogP contribution in [0.5, 0.6) is 5.75 Å². The zero-order valence-electron chi connectivity index (χ0n) is 31.2. The zero-order chi connectivity index (χ0) is 37.3. The van der Waals surface area contributed by atoms with E-state index in [1.165, 1.54) is 6.20 Å². The third-order valence-corrected chi connectivity index (χ3v) is 10.6. The van der Waals surface area contributed by atoms with Gasteiger partial charge in [-0.1, -0.05) is 13.8 Å². The minimum absolute atomic E-state index is 0.0597. The summed E-state index contributed by atoms with van der Waals surface area (Å²) in [6, 6.07) is 8.33. The second-order valence-corrected chi connectivity index (χ2v) is 16.0. The van der Waals surface area contributed by atoms with Crippen molar-refractivity contribution in [1.29, 1.82) is 0 Å². The molecule has 53 heavy (non-hydrogen) atoms. The van der Waals surface area contributed by atoms with Crippen molar-refractivity contribution in [3.63, 3.8) is 0 Å². The molecule has 0 spiro atoms. The van der Waals surface area contributed by atoms with Gasteiger partial charge in [-0.3, -0.25) is 24.3 Å². The van der Waals surface area contributed by atoms with Crippen LogP contribution in [-0.4, -0.2) is 114 Å². The zero-order valence-corrected chi connectivity index (χ0v) is 32.0. The van der Waals surface area contributed by atoms with E-state index in [9.17, 15) is 8.42 Å². The molecule has 280 valence electrons. The third-order valence-electron chi connectivity index (χ3n) is 10.1. The molecule has 5 heterocycles. The number of sulfonamides is 1. The number of likely N-dealkylation sites (N-methyl/N-ethyl adjacent to an activating group) is 1. The van der Waals surface area contributed by atoms with Crippen molar-refractivity contribution in [3.05, 3.63) is 60.8 Å². The number of nitrogens with zero attached hydrogens (tertiary/aromatic N) is 9. The average molecular weight is 741 g/mol. The Kier molecular flexibility index (Phi) is 10.4. The number of methoxy groups -OCH3 is 1. The van der Waals surface area contributed by atoms with Gasteiger partial charge < -0.3 is 25.2 Å². The van der Waals surface area contributed by atoms with Gasteiger partial charge >= 0.3 is 0 Å². The highest BCUT2D eigenvalue weighted by Crippen LogP contribution is 2.42. The highest BCUT2D eigenvalue weighted by molar-refractivity contribution is 7.92. The molecule has 2 fully saturated rings. The van der Waals surface area contributed by atoms with Gasteiger partial charge in [-0.25, -0.2) is 13.4 Å². The molecule has 2 aromatic carbocycles. The number of hydrogen-bond acceptors (Lipinski definition) is 13. The molecule has 0 radical (unpaired) electrons. The summed E-state index contributed by atoms with van der Waals surface area (Å²) in [5.41, 5.74) is 6.41. The molecule has 16 heteroatoms. The summed E-state index contributed by atoms with van der Waals surface area (Å²) in [6.07, 6.45) is 12.1. The lowest BCUT2D eigenvalue weighted by molar-refractivity contribution is 0.0982. The highest BCUT2D eigenvalue weighted by Gasteiger charge is 2.29. The Morgan fingerprint density at radius 3 is 2.34 bits per heavy atom. The summed E-state index contributed by atoms with van der Waals surface area (Å²) < 4.78 is 35.3. The number of benzene rings is 2. The minimum atomic E-state index is -3.64. The maximum Gasteiger partial charge on any atom is 0.229 e. The Labute approximate surface area is 310 Å². The van der Waals surface area contributed by atoms with Crippen LogP contribution in [0.4, 0.5) is 34.5 Å². The lowest BCUT2D eigenvalue weighted by Crippen LogP contribution is -2.52. The maximum atomic E-state index is 12.4. The Bertz CT molecular complexity index is 2190. The number of rotatable bonds is 11. The van der Waals surface area contributed by atoms with Gasteiger partial charge in [0.05, 0.1) is 42.1 Å². The van der Waals surface area contributed by atoms with Gasteiger partial charge in [-0.05, 0) is 44.0 Å². The molecule has 0 amide bonds. The lowest BCUT2D eigenvalue weighted by Gasteiger charge is -2.43. The molecular weight excluding hydrogens is 693 g/mol. The monoisotopic (exact) mass is 740 g/mol. The van der Waals surface area contributed by atoms with E-state index in [1.807, 2.05) is 38.0 Å². The van der Waals surface area contributed by atoms with Crippen LogP contribution < -0.4 is 25.0 Å². The molecule has 15 nitrogen and oxygen atoms in total. The lowest BCUT2D eigenvalue weighted by atomic mass is 9.98. The molecule has 3 N–H and O–H groups in total. The van der Waals surface area contributed by atoms with E-state index in [1.54, 1.807) is 31.6 Å². The third kappa shape index (κ3) is 8.14.